The fourth-order valence-corrected chi connectivity index (χ4v) is 5.31. The van der Waals surface area contributed by atoms with Crippen LogP contribution in [0.5, 0.6) is 0 Å². The monoisotopic (exact) mass is 557 g/mol. The van der Waals surface area contributed by atoms with Crippen LogP contribution in [0.15, 0.2) is 78.6 Å². The van der Waals surface area contributed by atoms with E-state index >= 15 is 0 Å². The lowest BCUT2D eigenvalue weighted by molar-refractivity contribution is -0.698. The standard InChI is InChI=1S/C28H43N5Si.BrH/c1-30(27-15-8-7-9-16-27)29-25-28-17-10-13-21-33(28)20-12-6-5-11-18-31-22-23-32(26-31)19-14-24-34(2,3)4;/h7-10,13,15-17,21-23,25-26H,5-6,11-12,14,18-20,24H2,1-4H3;1H/q+2;. The highest BCUT2D eigenvalue weighted by Crippen LogP contribution is 2.11. The highest BCUT2D eigenvalue weighted by molar-refractivity contribution is 8.93. The molecule has 0 amide bonds. The van der Waals surface area contributed by atoms with E-state index in [-0.39, 0.29) is 17.0 Å². The quantitative estimate of drug-likeness (QED) is 0.0773. The van der Waals surface area contributed by atoms with E-state index in [2.05, 4.69) is 93.7 Å². The molecule has 35 heavy (non-hydrogen) atoms. The van der Waals surface area contributed by atoms with Crippen LogP contribution in [-0.4, -0.2) is 25.9 Å². The van der Waals surface area contributed by atoms with Crippen LogP contribution in [0.2, 0.25) is 25.7 Å². The van der Waals surface area contributed by atoms with Gasteiger partial charge in [-0.3, -0.25) is 5.01 Å². The molecule has 0 atom stereocenters. The van der Waals surface area contributed by atoms with E-state index in [0.29, 0.717) is 0 Å². The summed E-state index contributed by atoms with van der Waals surface area (Å²) >= 11 is 0. The highest BCUT2D eigenvalue weighted by Gasteiger charge is 2.13. The van der Waals surface area contributed by atoms with Gasteiger partial charge < -0.3 is 0 Å². The topological polar surface area (TPSA) is 28.3 Å². The molecule has 0 saturated carbocycles. The van der Waals surface area contributed by atoms with Crippen molar-refractivity contribution in [2.45, 2.75) is 77.4 Å². The van der Waals surface area contributed by atoms with Gasteiger partial charge in [-0.25, -0.2) is 9.13 Å². The van der Waals surface area contributed by atoms with E-state index in [9.17, 15) is 0 Å². The van der Waals surface area contributed by atoms with Crippen molar-refractivity contribution in [3.63, 3.8) is 0 Å². The van der Waals surface area contributed by atoms with Crippen molar-refractivity contribution in [2.75, 3.05) is 12.1 Å². The zero-order chi connectivity index (χ0) is 24.2. The maximum Gasteiger partial charge on any atom is 0.243 e. The van der Waals surface area contributed by atoms with E-state index in [4.69, 9.17) is 0 Å². The Balaban J connectivity index is 0.00000432. The van der Waals surface area contributed by atoms with Crippen molar-refractivity contribution in [2.24, 2.45) is 5.10 Å². The molecule has 0 aliphatic heterocycles. The highest BCUT2D eigenvalue weighted by atomic mass is 79.9. The van der Waals surface area contributed by atoms with Crippen molar-refractivity contribution in [3.05, 3.63) is 79.1 Å². The summed E-state index contributed by atoms with van der Waals surface area (Å²) in [5.41, 5.74) is 2.22. The molecule has 0 bridgehead atoms. The molecule has 0 aliphatic carbocycles. The van der Waals surface area contributed by atoms with Gasteiger partial charge in [0.1, 0.15) is 25.2 Å². The Morgan fingerprint density at radius 2 is 1.63 bits per heavy atom. The first-order chi connectivity index (χ1) is 16.4. The van der Waals surface area contributed by atoms with Crippen LogP contribution in [0.1, 0.15) is 37.8 Å². The molecule has 5 nitrogen and oxygen atoms in total. The smallest absolute Gasteiger partial charge is 0.243 e. The first kappa shape index (κ1) is 29.0. The second-order valence-corrected chi connectivity index (χ2v) is 16.0. The van der Waals surface area contributed by atoms with E-state index in [1.54, 1.807) is 0 Å². The SMILES string of the molecule is Br.CN(N=Cc1cccc[n+]1CCCCCCn1cc[n+](CCC[Si](C)(C)C)c1)c1ccccc1. The summed E-state index contributed by atoms with van der Waals surface area (Å²) in [5, 5.41) is 6.54. The van der Waals surface area contributed by atoms with Gasteiger partial charge in [-0.1, -0.05) is 43.9 Å². The lowest BCUT2D eigenvalue weighted by Crippen LogP contribution is -2.38. The maximum atomic E-state index is 4.63. The zero-order valence-corrected chi connectivity index (χ0v) is 24.7. The lowest BCUT2D eigenvalue weighted by atomic mass is 10.2. The van der Waals surface area contributed by atoms with Gasteiger partial charge in [0.05, 0.1) is 18.8 Å². The van der Waals surface area contributed by atoms with E-state index < -0.39 is 8.07 Å². The number of halogens is 1. The third-order valence-corrected chi connectivity index (χ3v) is 7.98. The minimum atomic E-state index is -0.922. The first-order valence-electron chi connectivity index (χ1n) is 12.8. The summed E-state index contributed by atoms with van der Waals surface area (Å²) in [6.07, 6.45) is 17.1. The molecule has 7 heteroatoms. The van der Waals surface area contributed by atoms with Gasteiger partial charge in [0.25, 0.3) is 0 Å². The fraction of sp³-hybridized carbons (Fsp3) is 0.464. The van der Waals surface area contributed by atoms with Gasteiger partial charge >= 0.3 is 0 Å². The van der Waals surface area contributed by atoms with Crippen LogP contribution < -0.4 is 14.1 Å². The molecule has 0 radical (unpaired) electrons. The molecule has 3 aromatic rings. The number of para-hydroxylation sites is 1. The molecule has 2 heterocycles. The molecule has 0 fully saturated rings. The van der Waals surface area contributed by atoms with Gasteiger partial charge in [0.2, 0.25) is 12.0 Å². The van der Waals surface area contributed by atoms with Gasteiger partial charge in [-0.05, 0) is 43.9 Å². The number of aryl methyl sites for hydroxylation is 3. The fourth-order valence-electron chi connectivity index (χ4n) is 4.09. The predicted molar refractivity (Wildman–Crippen MR) is 155 cm³/mol. The van der Waals surface area contributed by atoms with Gasteiger partial charge in [-0.15, -0.1) is 17.0 Å². The van der Waals surface area contributed by atoms with Crippen molar-refractivity contribution in [3.8, 4) is 0 Å². The Hall–Kier alpha value is -2.25. The number of unbranched alkanes of at least 4 members (excludes halogenated alkanes) is 3. The van der Waals surface area contributed by atoms with E-state index in [1.165, 1.54) is 38.1 Å². The predicted octanol–water partition coefficient (Wildman–Crippen LogP) is 6.10. The average Bonchev–Trinajstić information content (AvgIpc) is 3.27. The Bertz CT molecular complexity index is 1010. The third kappa shape index (κ3) is 10.9. The molecule has 0 N–H and O–H groups in total. The number of hydrogen-bond acceptors (Lipinski definition) is 2. The molecule has 0 unspecified atom stereocenters. The number of pyridine rings is 1. The summed E-state index contributed by atoms with van der Waals surface area (Å²) in [5.74, 6) is 0. The van der Waals surface area contributed by atoms with Gasteiger partial charge in [0.15, 0.2) is 6.20 Å². The molecule has 0 aliphatic rings. The molecular formula is C28H44BrN5Si+2. The summed E-state index contributed by atoms with van der Waals surface area (Å²) in [6.45, 7) is 10.7. The lowest BCUT2D eigenvalue weighted by Gasteiger charge is -2.13. The molecule has 2 aromatic heterocycles. The summed E-state index contributed by atoms with van der Waals surface area (Å²) < 4.78 is 7.00. The molecule has 190 valence electrons. The van der Waals surface area contributed by atoms with E-state index in [0.717, 1.165) is 31.0 Å². The van der Waals surface area contributed by atoms with Crippen molar-refractivity contribution >= 4 is 37.0 Å². The number of imidazole rings is 1. The summed E-state index contributed by atoms with van der Waals surface area (Å²) in [7, 11) is 1.06. The number of anilines is 1. The largest absolute Gasteiger partial charge is 0.268 e. The first-order valence-corrected chi connectivity index (χ1v) is 16.5. The molecule has 0 saturated heterocycles. The second-order valence-electron chi connectivity index (χ2n) is 10.4. The number of nitrogens with zero attached hydrogens (tertiary/aromatic N) is 5. The van der Waals surface area contributed by atoms with Crippen molar-refractivity contribution in [1.29, 1.82) is 0 Å². The number of hydrazone groups is 1. The third-order valence-electron chi connectivity index (χ3n) is 6.12. The minimum absolute atomic E-state index is 0. The molecule has 1 aromatic carbocycles. The number of rotatable bonds is 14. The average molecular weight is 559 g/mol. The van der Waals surface area contributed by atoms with Gasteiger partial charge in [0, 0.05) is 33.7 Å². The molecule has 3 rings (SSSR count). The summed E-state index contributed by atoms with van der Waals surface area (Å²) in [4.78, 5) is 0. The van der Waals surface area contributed by atoms with Crippen LogP contribution in [0.3, 0.4) is 0 Å². The maximum absolute atomic E-state index is 4.63. The molecular weight excluding hydrogens is 514 g/mol. The van der Waals surface area contributed by atoms with Crippen molar-refractivity contribution in [1.82, 2.24) is 4.57 Å². The van der Waals surface area contributed by atoms with Crippen LogP contribution in [0.25, 0.3) is 0 Å². The van der Waals surface area contributed by atoms with E-state index in [1.807, 2.05) is 36.5 Å². The zero-order valence-electron chi connectivity index (χ0n) is 22.0. The Morgan fingerprint density at radius 1 is 0.886 bits per heavy atom. The summed E-state index contributed by atoms with van der Waals surface area (Å²) in [6, 6.07) is 17.9. The van der Waals surface area contributed by atoms with Crippen molar-refractivity contribution < 1.29 is 9.13 Å². The van der Waals surface area contributed by atoms with Crippen LogP contribution in [0, 0.1) is 0 Å². The van der Waals surface area contributed by atoms with Gasteiger partial charge in [-0.2, -0.15) is 9.67 Å². The second kappa shape index (κ2) is 15.0. The van der Waals surface area contributed by atoms with Crippen LogP contribution in [-0.2, 0) is 19.6 Å². The van der Waals surface area contributed by atoms with Crippen LogP contribution >= 0.6 is 17.0 Å². The minimum Gasteiger partial charge on any atom is -0.268 e. The normalized spacial score (nSPS) is 11.5. The Morgan fingerprint density at radius 3 is 2.40 bits per heavy atom. The Kier molecular flexibility index (Phi) is 12.4. The number of benzene rings is 1. The number of hydrogen-bond donors (Lipinski definition) is 0. The molecule has 0 spiro atoms. The van der Waals surface area contributed by atoms with Crippen LogP contribution in [0.4, 0.5) is 5.69 Å². The number of aromatic nitrogens is 3. The Labute approximate surface area is 223 Å².